The molecular formula is C7H13BF3NO3. The van der Waals surface area contributed by atoms with Crippen molar-refractivity contribution in [3.8, 4) is 0 Å². The Kier molecular flexibility index (Phi) is 3.99. The molecule has 1 rings (SSSR count). The van der Waals surface area contributed by atoms with Crippen LogP contribution in [-0.4, -0.2) is 60.5 Å². The molecule has 2 unspecified atom stereocenters. The highest BCUT2D eigenvalue weighted by atomic mass is 19.3. The van der Waals surface area contributed by atoms with Crippen LogP contribution in [0.25, 0.3) is 0 Å². The lowest BCUT2D eigenvalue weighted by atomic mass is 9.94. The van der Waals surface area contributed by atoms with Crippen LogP contribution in [0, 0.1) is 0 Å². The summed E-state index contributed by atoms with van der Waals surface area (Å²) in [6, 6.07) is -3.57. The van der Waals surface area contributed by atoms with Gasteiger partial charge in [0.25, 0.3) is 0 Å². The molecule has 0 bridgehead atoms. The Labute approximate surface area is 85.8 Å². The lowest BCUT2D eigenvalue weighted by Crippen LogP contribution is -2.57. The van der Waals surface area contributed by atoms with Crippen molar-refractivity contribution in [1.29, 1.82) is 0 Å². The van der Waals surface area contributed by atoms with E-state index in [-0.39, 0.29) is 13.0 Å². The first-order valence-corrected chi connectivity index (χ1v) is 4.56. The number of rotatable bonds is 3. The molecule has 0 radical (unpaired) electrons. The SMILES string of the molecule is CN1CCC(OCB(O)O)C(F)C1(F)F. The van der Waals surface area contributed by atoms with E-state index in [4.69, 9.17) is 10.0 Å². The first-order valence-electron chi connectivity index (χ1n) is 4.56. The van der Waals surface area contributed by atoms with Crippen molar-refractivity contribution in [2.45, 2.75) is 24.7 Å². The van der Waals surface area contributed by atoms with Gasteiger partial charge in [-0.1, -0.05) is 0 Å². The quantitative estimate of drug-likeness (QED) is 0.511. The summed E-state index contributed by atoms with van der Waals surface area (Å²) in [5, 5.41) is 16.9. The largest absolute Gasteiger partial charge is 0.479 e. The van der Waals surface area contributed by atoms with E-state index >= 15 is 0 Å². The third kappa shape index (κ3) is 2.84. The van der Waals surface area contributed by atoms with Gasteiger partial charge in [0.05, 0.1) is 12.6 Å². The van der Waals surface area contributed by atoms with Gasteiger partial charge in [0, 0.05) is 6.54 Å². The number of nitrogens with zero attached hydrogens (tertiary/aromatic N) is 1. The lowest BCUT2D eigenvalue weighted by molar-refractivity contribution is -0.234. The first-order chi connectivity index (χ1) is 6.85. The van der Waals surface area contributed by atoms with Crippen molar-refractivity contribution < 1.29 is 28.0 Å². The zero-order valence-electron chi connectivity index (χ0n) is 8.24. The van der Waals surface area contributed by atoms with E-state index in [0.717, 1.165) is 7.05 Å². The number of halogens is 3. The van der Waals surface area contributed by atoms with E-state index in [2.05, 4.69) is 4.74 Å². The Balaban J connectivity index is 2.54. The highest BCUT2D eigenvalue weighted by Gasteiger charge is 2.52. The molecule has 0 aromatic carbocycles. The second kappa shape index (κ2) is 4.69. The average molecular weight is 227 g/mol. The number of hydrogen-bond donors (Lipinski definition) is 2. The lowest BCUT2D eigenvalue weighted by Gasteiger charge is -2.39. The van der Waals surface area contributed by atoms with Gasteiger partial charge in [0.15, 0.2) is 0 Å². The van der Waals surface area contributed by atoms with Crippen LogP contribution >= 0.6 is 0 Å². The molecule has 1 heterocycles. The van der Waals surface area contributed by atoms with Crippen molar-refractivity contribution in [2.75, 3.05) is 20.1 Å². The fraction of sp³-hybridized carbons (Fsp3) is 1.00. The summed E-state index contributed by atoms with van der Waals surface area (Å²) in [4.78, 5) is 0.618. The predicted molar refractivity (Wildman–Crippen MR) is 47.0 cm³/mol. The number of hydrogen-bond acceptors (Lipinski definition) is 4. The minimum absolute atomic E-state index is 0.000386. The summed E-state index contributed by atoms with van der Waals surface area (Å²) in [5.41, 5.74) is 0. The molecule has 2 N–H and O–H groups in total. The standard InChI is InChI=1S/C7H13BF3NO3/c1-12-3-2-5(15-4-8(13)14)6(9)7(12,10)11/h5-6,13-14H,2-4H2,1H3. The summed E-state index contributed by atoms with van der Waals surface area (Å²) in [7, 11) is -0.644. The molecule has 1 aliphatic rings. The summed E-state index contributed by atoms with van der Waals surface area (Å²) in [5.74, 6) is 0. The van der Waals surface area contributed by atoms with Crippen LogP contribution in [0.5, 0.6) is 0 Å². The zero-order valence-corrected chi connectivity index (χ0v) is 8.24. The topological polar surface area (TPSA) is 52.9 Å². The van der Waals surface area contributed by atoms with Crippen molar-refractivity contribution in [2.24, 2.45) is 0 Å². The smallest absolute Gasteiger partial charge is 0.426 e. The second-order valence-electron chi connectivity index (χ2n) is 3.55. The third-order valence-corrected chi connectivity index (χ3v) is 2.38. The Morgan fingerprint density at radius 3 is 2.67 bits per heavy atom. The number of alkyl halides is 3. The van der Waals surface area contributed by atoms with Gasteiger partial charge in [-0.3, -0.25) is 0 Å². The highest BCUT2D eigenvalue weighted by Crippen LogP contribution is 2.33. The van der Waals surface area contributed by atoms with E-state index in [1.807, 2.05) is 0 Å². The van der Waals surface area contributed by atoms with Gasteiger partial charge in [0.2, 0.25) is 6.17 Å². The predicted octanol–water partition coefficient (Wildman–Crippen LogP) is -0.350. The van der Waals surface area contributed by atoms with Crippen LogP contribution in [0.2, 0.25) is 0 Å². The van der Waals surface area contributed by atoms with Crippen molar-refractivity contribution in [3.05, 3.63) is 0 Å². The summed E-state index contributed by atoms with van der Waals surface area (Å²) in [6.45, 7) is -0.565. The molecule has 4 nitrogen and oxygen atoms in total. The van der Waals surface area contributed by atoms with Crippen LogP contribution < -0.4 is 0 Å². The summed E-state index contributed by atoms with van der Waals surface area (Å²) < 4.78 is 44.1. The molecule has 0 aromatic heterocycles. The first kappa shape index (κ1) is 12.8. The number of piperidine rings is 1. The maximum atomic E-state index is 13.2. The maximum Gasteiger partial charge on any atom is 0.479 e. The van der Waals surface area contributed by atoms with Crippen molar-refractivity contribution in [3.63, 3.8) is 0 Å². The van der Waals surface area contributed by atoms with Gasteiger partial charge in [-0.25, -0.2) is 9.29 Å². The Morgan fingerprint density at radius 1 is 1.53 bits per heavy atom. The molecule has 2 atom stereocenters. The van der Waals surface area contributed by atoms with Gasteiger partial charge in [-0.2, -0.15) is 8.78 Å². The molecule has 1 aliphatic heterocycles. The summed E-state index contributed by atoms with van der Waals surface area (Å²) in [6.07, 6.45) is -3.65. The minimum Gasteiger partial charge on any atom is -0.426 e. The van der Waals surface area contributed by atoms with Gasteiger partial charge in [-0.05, 0) is 13.5 Å². The van der Waals surface area contributed by atoms with E-state index in [9.17, 15) is 13.2 Å². The Bertz CT molecular complexity index is 220. The molecule has 88 valence electrons. The molecule has 15 heavy (non-hydrogen) atoms. The third-order valence-electron chi connectivity index (χ3n) is 2.38. The van der Waals surface area contributed by atoms with Crippen LogP contribution in [0.15, 0.2) is 0 Å². The minimum atomic E-state index is -3.57. The van der Waals surface area contributed by atoms with Gasteiger partial charge >= 0.3 is 13.2 Å². The highest BCUT2D eigenvalue weighted by molar-refractivity contribution is 6.40. The molecule has 0 aliphatic carbocycles. The normalized spacial score (nSPS) is 31.6. The van der Waals surface area contributed by atoms with Crippen molar-refractivity contribution in [1.82, 2.24) is 4.90 Å². The van der Waals surface area contributed by atoms with Gasteiger partial charge < -0.3 is 14.8 Å². The number of likely N-dealkylation sites (tertiary alicyclic amines) is 1. The molecular weight excluding hydrogens is 214 g/mol. The maximum absolute atomic E-state index is 13.2. The van der Waals surface area contributed by atoms with Crippen LogP contribution in [0.4, 0.5) is 13.2 Å². The molecule has 1 saturated heterocycles. The van der Waals surface area contributed by atoms with Gasteiger partial charge in [0.1, 0.15) is 0 Å². The Morgan fingerprint density at radius 2 is 2.13 bits per heavy atom. The molecule has 0 saturated carbocycles. The zero-order chi connectivity index (χ0) is 11.6. The monoisotopic (exact) mass is 227 g/mol. The molecule has 0 spiro atoms. The molecule has 1 fully saturated rings. The van der Waals surface area contributed by atoms with E-state index in [0.29, 0.717) is 4.90 Å². The van der Waals surface area contributed by atoms with Crippen molar-refractivity contribution >= 4 is 7.12 Å². The fourth-order valence-corrected chi connectivity index (χ4v) is 1.43. The van der Waals surface area contributed by atoms with E-state index in [1.54, 1.807) is 0 Å². The van der Waals surface area contributed by atoms with Crippen LogP contribution in [0.1, 0.15) is 6.42 Å². The molecule has 8 heteroatoms. The molecule has 0 amide bonds. The second-order valence-corrected chi connectivity index (χ2v) is 3.55. The molecule has 0 aromatic rings. The van der Waals surface area contributed by atoms with Gasteiger partial charge in [-0.15, -0.1) is 0 Å². The van der Waals surface area contributed by atoms with Crippen LogP contribution in [0.3, 0.4) is 0 Å². The van der Waals surface area contributed by atoms with E-state index < -0.39 is 31.9 Å². The number of ether oxygens (including phenoxy) is 1. The average Bonchev–Trinajstić information content (AvgIpc) is 2.14. The van der Waals surface area contributed by atoms with E-state index in [1.165, 1.54) is 0 Å². The Hall–Kier alpha value is -0.305. The van der Waals surface area contributed by atoms with Crippen LogP contribution in [-0.2, 0) is 4.74 Å². The summed E-state index contributed by atoms with van der Waals surface area (Å²) >= 11 is 0. The fourth-order valence-electron chi connectivity index (χ4n) is 1.43.